The average Bonchev–Trinajstić information content (AvgIpc) is 2.63. The number of aromatic nitrogens is 2. The van der Waals surface area contributed by atoms with Crippen LogP contribution in [-0.4, -0.2) is 21.0 Å². The topological polar surface area (TPSA) is 89.1 Å². The highest BCUT2D eigenvalue weighted by Crippen LogP contribution is 2.36. The molecule has 1 aliphatic carbocycles. The average molecular weight is 235 g/mol. The van der Waals surface area contributed by atoms with E-state index in [9.17, 15) is 4.79 Å². The predicted octanol–water partition coefficient (Wildman–Crippen LogP) is 1.97. The van der Waals surface area contributed by atoms with Gasteiger partial charge < -0.3 is 10.8 Å². The Balaban J connectivity index is 2.35. The molecule has 5 nitrogen and oxygen atoms in total. The van der Waals surface area contributed by atoms with Crippen LogP contribution in [0, 0.1) is 12.8 Å². The first kappa shape index (κ1) is 11.8. The van der Waals surface area contributed by atoms with Gasteiger partial charge in [-0.3, -0.25) is 0 Å². The van der Waals surface area contributed by atoms with Crippen molar-refractivity contribution >= 4 is 11.8 Å². The number of aromatic carboxylic acids is 1. The molecular formula is C12H17N3O2. The molecule has 1 fully saturated rings. The minimum absolute atomic E-state index is 0.0276. The summed E-state index contributed by atoms with van der Waals surface area (Å²) in [5, 5.41) is 8.98. The van der Waals surface area contributed by atoms with Crippen molar-refractivity contribution in [2.45, 2.75) is 39.0 Å². The molecule has 1 saturated carbocycles. The molecule has 0 aliphatic heterocycles. The van der Waals surface area contributed by atoms with Gasteiger partial charge >= 0.3 is 5.97 Å². The number of hydrogen-bond donors (Lipinski definition) is 2. The Kier molecular flexibility index (Phi) is 3.00. The number of nitrogens with two attached hydrogens (primary N) is 1. The molecule has 0 amide bonds. The van der Waals surface area contributed by atoms with Crippen LogP contribution in [0.25, 0.3) is 0 Å². The second-order valence-electron chi connectivity index (χ2n) is 4.85. The van der Waals surface area contributed by atoms with E-state index in [1.165, 1.54) is 6.42 Å². The van der Waals surface area contributed by atoms with Gasteiger partial charge in [0.15, 0.2) is 0 Å². The van der Waals surface area contributed by atoms with Crippen molar-refractivity contribution in [1.82, 2.24) is 9.97 Å². The van der Waals surface area contributed by atoms with E-state index in [0.717, 1.165) is 12.8 Å². The van der Waals surface area contributed by atoms with Gasteiger partial charge in [-0.2, -0.15) is 0 Å². The van der Waals surface area contributed by atoms with Crippen molar-refractivity contribution in [2.24, 2.45) is 5.92 Å². The lowest BCUT2D eigenvalue weighted by Crippen LogP contribution is -2.13. The maximum atomic E-state index is 11.0. The van der Waals surface area contributed by atoms with Gasteiger partial charge in [-0.05, 0) is 32.1 Å². The molecule has 0 radical (unpaired) electrons. The molecule has 3 N–H and O–H groups in total. The second-order valence-corrected chi connectivity index (χ2v) is 4.85. The van der Waals surface area contributed by atoms with Crippen LogP contribution in [0.5, 0.6) is 0 Å². The van der Waals surface area contributed by atoms with Gasteiger partial charge in [0.25, 0.3) is 0 Å². The number of carbonyl (C=O) groups is 1. The number of nitrogens with zero attached hydrogens (tertiary/aromatic N) is 2. The van der Waals surface area contributed by atoms with Crippen LogP contribution in [0.1, 0.15) is 54.0 Å². The normalized spacial score (nSPS) is 23.9. The largest absolute Gasteiger partial charge is 0.477 e. The first-order chi connectivity index (χ1) is 7.99. The van der Waals surface area contributed by atoms with E-state index in [0.29, 0.717) is 23.4 Å². The molecule has 0 spiro atoms. The van der Waals surface area contributed by atoms with Gasteiger partial charge in [0.05, 0.1) is 5.69 Å². The number of hydrogen-bond acceptors (Lipinski definition) is 4. The van der Waals surface area contributed by atoms with Crippen LogP contribution < -0.4 is 5.73 Å². The summed E-state index contributed by atoms with van der Waals surface area (Å²) in [5.74, 6) is 0.735. The van der Waals surface area contributed by atoms with Crippen LogP contribution in [-0.2, 0) is 0 Å². The number of nitrogen functional groups attached to an aromatic ring is 1. The van der Waals surface area contributed by atoms with Crippen molar-refractivity contribution in [3.63, 3.8) is 0 Å². The van der Waals surface area contributed by atoms with Crippen molar-refractivity contribution < 1.29 is 9.90 Å². The van der Waals surface area contributed by atoms with Gasteiger partial charge in [-0.25, -0.2) is 14.8 Å². The highest BCUT2D eigenvalue weighted by atomic mass is 16.4. The minimum atomic E-state index is -1.06. The predicted molar refractivity (Wildman–Crippen MR) is 63.9 cm³/mol. The molecule has 2 rings (SSSR count). The second kappa shape index (κ2) is 4.31. The number of carboxylic acid groups (broad SMARTS) is 1. The molecule has 2 atom stereocenters. The first-order valence-corrected chi connectivity index (χ1v) is 5.86. The smallest absolute Gasteiger partial charge is 0.341 e. The summed E-state index contributed by atoms with van der Waals surface area (Å²) < 4.78 is 0. The lowest BCUT2D eigenvalue weighted by atomic mass is 10.0. The first-order valence-electron chi connectivity index (χ1n) is 5.86. The summed E-state index contributed by atoms with van der Waals surface area (Å²) in [6.45, 7) is 3.88. The highest BCUT2D eigenvalue weighted by molar-refractivity contribution is 5.93. The van der Waals surface area contributed by atoms with Gasteiger partial charge in [0.1, 0.15) is 17.2 Å². The minimum Gasteiger partial charge on any atom is -0.477 e. The van der Waals surface area contributed by atoms with Crippen LogP contribution in [0.2, 0.25) is 0 Å². The molecule has 1 aliphatic rings. The third-order valence-corrected chi connectivity index (χ3v) is 3.41. The Morgan fingerprint density at radius 2 is 2.12 bits per heavy atom. The van der Waals surface area contributed by atoms with E-state index in [1.807, 2.05) is 0 Å². The molecule has 5 heteroatoms. The van der Waals surface area contributed by atoms with Crippen molar-refractivity contribution in [3.05, 3.63) is 17.1 Å². The molecular weight excluding hydrogens is 218 g/mol. The third-order valence-electron chi connectivity index (χ3n) is 3.41. The highest BCUT2D eigenvalue weighted by Gasteiger charge is 2.26. The van der Waals surface area contributed by atoms with Gasteiger partial charge in [-0.1, -0.05) is 6.92 Å². The fourth-order valence-electron chi connectivity index (χ4n) is 2.51. The van der Waals surface area contributed by atoms with Crippen molar-refractivity contribution in [1.29, 1.82) is 0 Å². The molecule has 1 aromatic heterocycles. The molecule has 92 valence electrons. The molecule has 0 bridgehead atoms. The van der Waals surface area contributed by atoms with E-state index in [1.54, 1.807) is 6.92 Å². The summed E-state index contributed by atoms with van der Waals surface area (Å²) in [7, 11) is 0. The van der Waals surface area contributed by atoms with Gasteiger partial charge in [0.2, 0.25) is 0 Å². The molecule has 0 aromatic carbocycles. The van der Waals surface area contributed by atoms with E-state index >= 15 is 0 Å². The van der Waals surface area contributed by atoms with E-state index < -0.39 is 5.97 Å². The molecule has 1 heterocycles. The quantitative estimate of drug-likeness (QED) is 0.818. The monoisotopic (exact) mass is 235 g/mol. The fraction of sp³-hybridized carbons (Fsp3) is 0.583. The Bertz CT molecular complexity index is 436. The third kappa shape index (κ3) is 2.23. The SMILES string of the molecule is Cc1nc(C2CCC(C)C2)nc(N)c1C(=O)O. The number of rotatable bonds is 2. The zero-order chi connectivity index (χ0) is 12.6. The number of aryl methyl sites for hydroxylation is 1. The molecule has 17 heavy (non-hydrogen) atoms. The zero-order valence-corrected chi connectivity index (χ0v) is 10.1. The van der Waals surface area contributed by atoms with Crippen LogP contribution in [0.15, 0.2) is 0 Å². The molecule has 2 unspecified atom stereocenters. The lowest BCUT2D eigenvalue weighted by Gasteiger charge is -2.11. The summed E-state index contributed by atoms with van der Waals surface area (Å²) in [5.41, 5.74) is 6.18. The van der Waals surface area contributed by atoms with Crippen molar-refractivity contribution in [3.8, 4) is 0 Å². The lowest BCUT2D eigenvalue weighted by molar-refractivity contribution is 0.0696. The molecule has 0 saturated heterocycles. The van der Waals surface area contributed by atoms with E-state index in [-0.39, 0.29) is 11.4 Å². The van der Waals surface area contributed by atoms with Gasteiger partial charge in [0, 0.05) is 5.92 Å². The standard InChI is InChI=1S/C12H17N3O2/c1-6-3-4-8(5-6)11-14-7(2)9(12(16)17)10(13)15-11/h6,8H,3-5H2,1-2H3,(H,16,17)(H2,13,14,15). The Morgan fingerprint density at radius 3 is 2.59 bits per heavy atom. The zero-order valence-electron chi connectivity index (χ0n) is 10.1. The summed E-state index contributed by atoms with van der Waals surface area (Å²) in [6.07, 6.45) is 3.30. The number of carboxylic acids is 1. The maximum Gasteiger partial charge on any atom is 0.341 e. The van der Waals surface area contributed by atoms with E-state index in [2.05, 4.69) is 16.9 Å². The van der Waals surface area contributed by atoms with Crippen LogP contribution in [0.4, 0.5) is 5.82 Å². The number of anilines is 1. The van der Waals surface area contributed by atoms with Gasteiger partial charge in [-0.15, -0.1) is 0 Å². The Hall–Kier alpha value is -1.65. The Labute approximate surface area is 100 Å². The van der Waals surface area contributed by atoms with Crippen LogP contribution >= 0.6 is 0 Å². The Morgan fingerprint density at radius 1 is 1.41 bits per heavy atom. The summed E-state index contributed by atoms with van der Waals surface area (Å²) >= 11 is 0. The summed E-state index contributed by atoms with van der Waals surface area (Å²) in [4.78, 5) is 19.4. The van der Waals surface area contributed by atoms with E-state index in [4.69, 9.17) is 10.8 Å². The van der Waals surface area contributed by atoms with Crippen molar-refractivity contribution in [2.75, 3.05) is 5.73 Å². The maximum absolute atomic E-state index is 11.0. The fourth-order valence-corrected chi connectivity index (χ4v) is 2.51. The van der Waals surface area contributed by atoms with Crippen LogP contribution in [0.3, 0.4) is 0 Å². The molecule has 1 aromatic rings. The summed E-state index contributed by atoms with van der Waals surface area (Å²) in [6, 6.07) is 0.